The molecule has 0 aliphatic carbocycles. The van der Waals surface area contributed by atoms with Crippen LogP contribution in [-0.2, 0) is 0 Å². The number of rotatable bonds is 3. The van der Waals surface area contributed by atoms with Crippen LogP contribution in [0.1, 0.15) is 23.6 Å². The van der Waals surface area contributed by atoms with Gasteiger partial charge in [0.05, 0.1) is 0 Å². The first kappa shape index (κ1) is 11.1. The van der Waals surface area contributed by atoms with Crippen LogP contribution in [0.4, 0.5) is 4.39 Å². The molecule has 2 rings (SSSR count). The summed E-state index contributed by atoms with van der Waals surface area (Å²) in [5.41, 5.74) is 1.06. The van der Waals surface area contributed by atoms with Crippen LogP contribution in [0.2, 0.25) is 0 Å². The molecule has 1 heterocycles. The molecule has 2 aromatic rings. The average Bonchev–Trinajstić information content (AvgIpc) is 2.65. The highest BCUT2D eigenvalue weighted by Gasteiger charge is 2.10. The Morgan fingerprint density at radius 3 is 2.56 bits per heavy atom. The maximum Gasteiger partial charge on any atom is 0.209 e. The molecule has 0 spiro atoms. The summed E-state index contributed by atoms with van der Waals surface area (Å²) in [7, 11) is 0. The van der Waals surface area contributed by atoms with Gasteiger partial charge < -0.3 is 0 Å². The number of nitrogens with one attached hydrogen (secondary N) is 1. The van der Waals surface area contributed by atoms with Crippen LogP contribution in [0, 0.1) is 12.7 Å². The molecule has 0 amide bonds. The number of thioether (sulfide) groups is 1. The van der Waals surface area contributed by atoms with Gasteiger partial charge in [0.15, 0.2) is 0 Å². The maximum absolute atomic E-state index is 12.7. The molecular weight excluding hydrogens is 225 g/mol. The van der Waals surface area contributed by atoms with Gasteiger partial charge in [-0.3, -0.25) is 5.10 Å². The Kier molecular flexibility index (Phi) is 3.24. The van der Waals surface area contributed by atoms with Crippen molar-refractivity contribution in [3.8, 4) is 0 Å². The van der Waals surface area contributed by atoms with E-state index in [1.165, 1.54) is 12.1 Å². The van der Waals surface area contributed by atoms with Gasteiger partial charge in [-0.15, -0.1) is 5.10 Å². The molecule has 1 aromatic heterocycles. The Balaban J connectivity index is 2.08. The lowest BCUT2D eigenvalue weighted by Gasteiger charge is -2.08. The Morgan fingerprint density at radius 1 is 1.31 bits per heavy atom. The summed E-state index contributed by atoms with van der Waals surface area (Å²) in [6.45, 7) is 3.91. The minimum atomic E-state index is -0.213. The number of aromatic nitrogens is 3. The van der Waals surface area contributed by atoms with Gasteiger partial charge >= 0.3 is 0 Å². The third-order valence-electron chi connectivity index (χ3n) is 2.20. The average molecular weight is 237 g/mol. The first-order chi connectivity index (χ1) is 7.65. The van der Waals surface area contributed by atoms with Gasteiger partial charge in [-0.25, -0.2) is 9.37 Å². The van der Waals surface area contributed by atoms with E-state index in [-0.39, 0.29) is 11.1 Å². The zero-order valence-corrected chi connectivity index (χ0v) is 9.88. The monoisotopic (exact) mass is 237 g/mol. The molecule has 1 atom stereocenters. The number of aromatic amines is 1. The van der Waals surface area contributed by atoms with Gasteiger partial charge in [0.25, 0.3) is 0 Å². The first-order valence-electron chi connectivity index (χ1n) is 4.96. The zero-order valence-electron chi connectivity index (χ0n) is 9.07. The van der Waals surface area contributed by atoms with Crippen molar-refractivity contribution in [3.05, 3.63) is 41.5 Å². The maximum atomic E-state index is 12.7. The lowest BCUT2D eigenvalue weighted by molar-refractivity contribution is 0.627. The van der Waals surface area contributed by atoms with Crippen molar-refractivity contribution in [1.29, 1.82) is 0 Å². The molecule has 16 heavy (non-hydrogen) atoms. The molecule has 84 valence electrons. The Bertz CT molecular complexity index is 466. The fraction of sp³-hybridized carbons (Fsp3) is 0.273. The second kappa shape index (κ2) is 4.65. The number of aryl methyl sites for hydroxylation is 1. The molecule has 0 radical (unpaired) electrons. The normalized spacial score (nSPS) is 12.7. The van der Waals surface area contributed by atoms with Crippen molar-refractivity contribution >= 4 is 11.8 Å². The molecule has 0 bridgehead atoms. The third kappa shape index (κ3) is 2.61. The smallest absolute Gasteiger partial charge is 0.209 e. The SMILES string of the molecule is Cc1nc(S[C@H](C)c2ccc(F)cc2)n[nH]1. The zero-order chi connectivity index (χ0) is 11.5. The highest BCUT2D eigenvalue weighted by Crippen LogP contribution is 2.32. The van der Waals surface area contributed by atoms with E-state index in [2.05, 4.69) is 15.2 Å². The van der Waals surface area contributed by atoms with Crippen LogP contribution in [0.3, 0.4) is 0 Å². The van der Waals surface area contributed by atoms with Crippen LogP contribution in [0.25, 0.3) is 0 Å². The highest BCUT2D eigenvalue weighted by molar-refractivity contribution is 7.99. The summed E-state index contributed by atoms with van der Waals surface area (Å²) in [6.07, 6.45) is 0. The molecular formula is C11H12FN3S. The summed E-state index contributed by atoms with van der Waals surface area (Å²) in [5, 5.41) is 7.77. The number of halogens is 1. The van der Waals surface area contributed by atoms with Crippen LogP contribution in [0.15, 0.2) is 29.4 Å². The van der Waals surface area contributed by atoms with Crippen molar-refractivity contribution in [1.82, 2.24) is 15.2 Å². The molecule has 0 fully saturated rings. The van der Waals surface area contributed by atoms with Gasteiger partial charge in [0, 0.05) is 5.25 Å². The second-order valence-electron chi connectivity index (χ2n) is 3.52. The number of hydrogen-bond donors (Lipinski definition) is 1. The summed E-state index contributed by atoms with van der Waals surface area (Å²) < 4.78 is 12.7. The molecule has 0 saturated carbocycles. The minimum Gasteiger partial charge on any atom is -0.262 e. The molecule has 1 N–H and O–H groups in total. The fourth-order valence-electron chi connectivity index (χ4n) is 1.33. The summed E-state index contributed by atoms with van der Waals surface area (Å²) >= 11 is 1.55. The standard InChI is InChI=1S/C11H12FN3S/c1-7(9-3-5-10(12)6-4-9)16-11-13-8(2)14-15-11/h3-7H,1-2H3,(H,13,14,15)/t7-/m1/s1. The van der Waals surface area contributed by atoms with Crippen molar-refractivity contribution in [2.45, 2.75) is 24.3 Å². The van der Waals surface area contributed by atoms with E-state index in [1.54, 1.807) is 23.9 Å². The van der Waals surface area contributed by atoms with E-state index in [0.717, 1.165) is 11.4 Å². The van der Waals surface area contributed by atoms with Crippen molar-refractivity contribution in [2.24, 2.45) is 0 Å². The predicted octanol–water partition coefficient (Wildman–Crippen LogP) is 3.11. The highest BCUT2D eigenvalue weighted by atomic mass is 32.2. The number of benzene rings is 1. The van der Waals surface area contributed by atoms with Gasteiger partial charge in [-0.05, 0) is 31.5 Å². The second-order valence-corrected chi connectivity index (χ2v) is 4.82. The van der Waals surface area contributed by atoms with E-state index in [4.69, 9.17) is 0 Å². The van der Waals surface area contributed by atoms with Gasteiger partial charge in [0.2, 0.25) is 5.16 Å². The molecule has 3 nitrogen and oxygen atoms in total. The Labute approximate surface area is 97.5 Å². The number of nitrogens with zero attached hydrogens (tertiary/aromatic N) is 2. The number of H-pyrrole nitrogens is 1. The van der Waals surface area contributed by atoms with E-state index < -0.39 is 0 Å². The predicted molar refractivity (Wildman–Crippen MR) is 61.8 cm³/mol. The Hall–Kier alpha value is -1.36. The molecule has 0 unspecified atom stereocenters. The molecule has 1 aromatic carbocycles. The fourth-order valence-corrected chi connectivity index (χ4v) is 2.23. The largest absolute Gasteiger partial charge is 0.262 e. The third-order valence-corrected chi connectivity index (χ3v) is 3.22. The quantitative estimate of drug-likeness (QED) is 0.834. The van der Waals surface area contributed by atoms with Crippen LogP contribution < -0.4 is 0 Å². The lowest BCUT2D eigenvalue weighted by Crippen LogP contribution is -1.89. The summed E-state index contributed by atoms with van der Waals surface area (Å²) in [6, 6.07) is 6.50. The molecule has 0 aliphatic rings. The van der Waals surface area contributed by atoms with Crippen LogP contribution in [0.5, 0.6) is 0 Å². The van der Waals surface area contributed by atoms with Gasteiger partial charge in [-0.1, -0.05) is 23.9 Å². The van der Waals surface area contributed by atoms with E-state index in [0.29, 0.717) is 5.16 Å². The lowest BCUT2D eigenvalue weighted by atomic mass is 10.2. The van der Waals surface area contributed by atoms with E-state index >= 15 is 0 Å². The molecule has 0 saturated heterocycles. The van der Waals surface area contributed by atoms with E-state index in [9.17, 15) is 4.39 Å². The van der Waals surface area contributed by atoms with Gasteiger partial charge in [-0.2, -0.15) is 0 Å². The van der Waals surface area contributed by atoms with Crippen molar-refractivity contribution in [2.75, 3.05) is 0 Å². The summed E-state index contributed by atoms with van der Waals surface area (Å²) in [5.74, 6) is 0.587. The van der Waals surface area contributed by atoms with Crippen molar-refractivity contribution in [3.63, 3.8) is 0 Å². The first-order valence-corrected chi connectivity index (χ1v) is 5.84. The molecule has 5 heteroatoms. The van der Waals surface area contributed by atoms with Crippen LogP contribution in [-0.4, -0.2) is 15.2 Å². The van der Waals surface area contributed by atoms with E-state index in [1.807, 2.05) is 13.8 Å². The summed E-state index contributed by atoms with van der Waals surface area (Å²) in [4.78, 5) is 4.22. The Morgan fingerprint density at radius 2 is 2.00 bits per heavy atom. The van der Waals surface area contributed by atoms with Crippen molar-refractivity contribution < 1.29 is 4.39 Å². The topological polar surface area (TPSA) is 41.6 Å². The molecule has 0 aliphatic heterocycles. The minimum absolute atomic E-state index is 0.204. The van der Waals surface area contributed by atoms with Gasteiger partial charge in [0.1, 0.15) is 11.6 Å². The van der Waals surface area contributed by atoms with Crippen LogP contribution >= 0.6 is 11.8 Å². The number of hydrogen-bond acceptors (Lipinski definition) is 3.